The molecular weight excluding hydrogens is 212 g/mol. The fourth-order valence-corrected chi connectivity index (χ4v) is 1.75. The standard InChI is InChI=1S/C11H16O3S/c1-3-14-10-5-4-9(7-15-8-12)6-11(10)13-2/h4-6,12H,3,7-8H2,1-2H3. The van der Waals surface area contributed by atoms with E-state index in [2.05, 4.69) is 0 Å². The SMILES string of the molecule is CCOc1ccc(CSCO)cc1OC. The zero-order valence-corrected chi connectivity index (χ0v) is 9.84. The number of aliphatic hydroxyl groups excluding tert-OH is 1. The molecule has 0 atom stereocenters. The maximum atomic E-state index is 8.70. The number of hydrogen-bond donors (Lipinski definition) is 1. The van der Waals surface area contributed by atoms with Crippen molar-refractivity contribution in [3.8, 4) is 11.5 Å². The molecule has 0 unspecified atom stereocenters. The lowest BCUT2D eigenvalue weighted by atomic mass is 10.2. The zero-order chi connectivity index (χ0) is 11.1. The molecule has 15 heavy (non-hydrogen) atoms. The molecule has 1 rings (SSSR count). The summed E-state index contributed by atoms with van der Waals surface area (Å²) in [5.74, 6) is 2.42. The molecule has 1 aromatic carbocycles. The van der Waals surface area contributed by atoms with Gasteiger partial charge in [-0.1, -0.05) is 6.07 Å². The van der Waals surface area contributed by atoms with Gasteiger partial charge < -0.3 is 14.6 Å². The van der Waals surface area contributed by atoms with Crippen LogP contribution in [-0.4, -0.2) is 24.8 Å². The third kappa shape index (κ3) is 3.64. The average Bonchev–Trinajstić information content (AvgIpc) is 2.28. The Kier molecular flexibility index (Phi) is 5.36. The van der Waals surface area contributed by atoms with Crippen molar-refractivity contribution in [2.24, 2.45) is 0 Å². The largest absolute Gasteiger partial charge is 0.493 e. The highest BCUT2D eigenvalue weighted by atomic mass is 32.2. The van der Waals surface area contributed by atoms with Gasteiger partial charge >= 0.3 is 0 Å². The lowest BCUT2D eigenvalue weighted by molar-refractivity contribution is 0.311. The minimum absolute atomic E-state index is 0.134. The van der Waals surface area contributed by atoms with Crippen LogP contribution in [0.2, 0.25) is 0 Å². The van der Waals surface area contributed by atoms with Gasteiger partial charge in [0.2, 0.25) is 0 Å². The van der Waals surface area contributed by atoms with Crippen molar-refractivity contribution in [3.63, 3.8) is 0 Å². The van der Waals surface area contributed by atoms with Gasteiger partial charge in [0, 0.05) is 5.75 Å². The van der Waals surface area contributed by atoms with E-state index in [1.165, 1.54) is 11.8 Å². The van der Waals surface area contributed by atoms with Crippen molar-refractivity contribution in [1.82, 2.24) is 0 Å². The van der Waals surface area contributed by atoms with E-state index >= 15 is 0 Å². The Hall–Kier alpha value is -0.870. The Labute approximate surface area is 94.4 Å². The number of methoxy groups -OCH3 is 1. The normalized spacial score (nSPS) is 10.1. The fourth-order valence-electron chi connectivity index (χ4n) is 1.24. The minimum Gasteiger partial charge on any atom is -0.493 e. The summed E-state index contributed by atoms with van der Waals surface area (Å²) in [7, 11) is 1.63. The Bertz CT molecular complexity index is 302. The van der Waals surface area contributed by atoms with Crippen LogP contribution in [0.15, 0.2) is 18.2 Å². The number of ether oxygens (including phenoxy) is 2. The second-order valence-electron chi connectivity index (χ2n) is 2.90. The molecule has 1 aromatic rings. The first-order valence-corrected chi connectivity index (χ1v) is 5.95. The molecule has 0 aliphatic rings. The molecule has 0 saturated carbocycles. The van der Waals surface area contributed by atoms with Crippen LogP contribution in [0.4, 0.5) is 0 Å². The van der Waals surface area contributed by atoms with E-state index in [-0.39, 0.29) is 5.94 Å². The van der Waals surface area contributed by atoms with E-state index in [9.17, 15) is 0 Å². The summed E-state index contributed by atoms with van der Waals surface area (Å²) in [6.07, 6.45) is 0. The molecule has 0 amide bonds. The van der Waals surface area contributed by atoms with Crippen molar-refractivity contribution in [2.75, 3.05) is 19.7 Å². The molecule has 0 heterocycles. The number of aliphatic hydroxyl groups is 1. The van der Waals surface area contributed by atoms with E-state index in [4.69, 9.17) is 14.6 Å². The quantitative estimate of drug-likeness (QED) is 0.758. The number of thioether (sulfide) groups is 1. The van der Waals surface area contributed by atoms with Crippen LogP contribution in [0.3, 0.4) is 0 Å². The van der Waals surface area contributed by atoms with Crippen molar-refractivity contribution in [3.05, 3.63) is 23.8 Å². The lowest BCUT2D eigenvalue weighted by Gasteiger charge is -2.10. The monoisotopic (exact) mass is 228 g/mol. The van der Waals surface area contributed by atoms with Crippen molar-refractivity contribution in [1.29, 1.82) is 0 Å². The van der Waals surface area contributed by atoms with Crippen molar-refractivity contribution >= 4 is 11.8 Å². The van der Waals surface area contributed by atoms with Crippen LogP contribution in [0.1, 0.15) is 12.5 Å². The molecule has 0 aromatic heterocycles. The van der Waals surface area contributed by atoms with Crippen LogP contribution in [0.25, 0.3) is 0 Å². The molecule has 4 heteroatoms. The highest BCUT2D eigenvalue weighted by molar-refractivity contribution is 7.98. The lowest BCUT2D eigenvalue weighted by Crippen LogP contribution is -1.96. The van der Waals surface area contributed by atoms with Gasteiger partial charge in [-0.15, -0.1) is 11.8 Å². The molecule has 0 aliphatic heterocycles. The Morgan fingerprint density at radius 3 is 2.73 bits per heavy atom. The third-order valence-corrected chi connectivity index (χ3v) is 2.61. The predicted molar refractivity (Wildman–Crippen MR) is 62.5 cm³/mol. The number of benzene rings is 1. The fraction of sp³-hybridized carbons (Fsp3) is 0.455. The van der Waals surface area contributed by atoms with E-state index in [0.29, 0.717) is 6.61 Å². The highest BCUT2D eigenvalue weighted by Crippen LogP contribution is 2.29. The summed E-state index contributed by atoms with van der Waals surface area (Å²) in [6, 6.07) is 5.82. The minimum atomic E-state index is 0.134. The molecule has 0 bridgehead atoms. The van der Waals surface area contributed by atoms with Gasteiger partial charge in [0.05, 0.1) is 19.7 Å². The molecule has 84 valence electrons. The summed E-state index contributed by atoms with van der Waals surface area (Å²) in [4.78, 5) is 0. The predicted octanol–water partition coefficient (Wildman–Crippen LogP) is 2.28. The van der Waals surface area contributed by atoms with E-state index < -0.39 is 0 Å². The van der Waals surface area contributed by atoms with Gasteiger partial charge in [0.15, 0.2) is 11.5 Å². The van der Waals surface area contributed by atoms with Gasteiger partial charge in [0.1, 0.15) is 0 Å². The van der Waals surface area contributed by atoms with E-state index in [0.717, 1.165) is 22.8 Å². The van der Waals surface area contributed by atoms with Crippen molar-refractivity contribution in [2.45, 2.75) is 12.7 Å². The van der Waals surface area contributed by atoms with Gasteiger partial charge in [-0.05, 0) is 24.6 Å². The summed E-state index contributed by atoms with van der Waals surface area (Å²) in [6.45, 7) is 2.57. The molecule has 0 saturated heterocycles. The Balaban J connectivity index is 2.77. The zero-order valence-electron chi connectivity index (χ0n) is 9.03. The smallest absolute Gasteiger partial charge is 0.161 e. The molecule has 0 fully saturated rings. The first-order chi connectivity index (χ1) is 7.31. The second-order valence-corrected chi connectivity index (χ2v) is 3.85. The first kappa shape index (κ1) is 12.2. The van der Waals surface area contributed by atoms with Gasteiger partial charge in [-0.2, -0.15) is 0 Å². The van der Waals surface area contributed by atoms with E-state index in [1.54, 1.807) is 7.11 Å². The third-order valence-electron chi connectivity index (χ3n) is 1.89. The van der Waals surface area contributed by atoms with Crippen LogP contribution in [-0.2, 0) is 5.75 Å². The maximum absolute atomic E-state index is 8.70. The molecular formula is C11H16O3S. The average molecular weight is 228 g/mol. The topological polar surface area (TPSA) is 38.7 Å². The summed E-state index contributed by atoms with van der Waals surface area (Å²) >= 11 is 1.46. The second kappa shape index (κ2) is 6.58. The molecule has 1 N–H and O–H groups in total. The summed E-state index contributed by atoms with van der Waals surface area (Å²) in [5, 5.41) is 8.70. The highest BCUT2D eigenvalue weighted by Gasteiger charge is 2.04. The van der Waals surface area contributed by atoms with Gasteiger partial charge in [-0.3, -0.25) is 0 Å². The molecule has 0 spiro atoms. The summed E-state index contributed by atoms with van der Waals surface area (Å²) < 4.78 is 10.6. The van der Waals surface area contributed by atoms with Crippen molar-refractivity contribution < 1.29 is 14.6 Å². The van der Waals surface area contributed by atoms with Crippen LogP contribution < -0.4 is 9.47 Å². The number of hydrogen-bond acceptors (Lipinski definition) is 4. The maximum Gasteiger partial charge on any atom is 0.161 e. The van der Waals surface area contributed by atoms with E-state index in [1.807, 2.05) is 25.1 Å². The molecule has 0 radical (unpaired) electrons. The van der Waals surface area contributed by atoms with Crippen LogP contribution in [0.5, 0.6) is 11.5 Å². The Morgan fingerprint density at radius 2 is 2.13 bits per heavy atom. The van der Waals surface area contributed by atoms with Gasteiger partial charge in [-0.25, -0.2) is 0 Å². The number of rotatable bonds is 6. The molecule has 0 aliphatic carbocycles. The molecule has 3 nitrogen and oxygen atoms in total. The first-order valence-electron chi connectivity index (χ1n) is 4.80. The van der Waals surface area contributed by atoms with Crippen LogP contribution in [0, 0.1) is 0 Å². The summed E-state index contributed by atoms with van der Waals surface area (Å²) in [5.41, 5.74) is 1.12. The Morgan fingerprint density at radius 1 is 1.33 bits per heavy atom. The van der Waals surface area contributed by atoms with Gasteiger partial charge in [0.25, 0.3) is 0 Å². The van der Waals surface area contributed by atoms with Crippen LogP contribution >= 0.6 is 11.8 Å².